The van der Waals surface area contributed by atoms with E-state index in [1.165, 1.54) is 11.3 Å². The fourth-order valence-electron chi connectivity index (χ4n) is 1.64. The minimum Gasteiger partial charge on any atom is -0.368 e. The number of hydrogen-bond donors (Lipinski definition) is 1. The molecule has 2 rings (SSSR count). The van der Waals surface area contributed by atoms with Crippen LogP contribution in [0.25, 0.3) is 0 Å². The molecule has 0 saturated carbocycles. The summed E-state index contributed by atoms with van der Waals surface area (Å²) < 4.78 is 0. The lowest BCUT2D eigenvalue weighted by Crippen LogP contribution is -2.26. The van der Waals surface area contributed by atoms with E-state index in [1.54, 1.807) is 0 Å². The lowest BCUT2D eigenvalue weighted by molar-refractivity contribution is 0.752. The lowest BCUT2D eigenvalue weighted by atomic mass is 10.3. The van der Waals surface area contributed by atoms with Crippen molar-refractivity contribution in [2.24, 2.45) is 5.73 Å². The highest BCUT2D eigenvalue weighted by Crippen LogP contribution is 2.27. The predicted octanol–water partition coefficient (Wildman–Crippen LogP) is 1.16. The highest BCUT2D eigenvalue weighted by Gasteiger charge is 2.21. The maximum Gasteiger partial charge on any atom is 0.128 e. The third kappa shape index (κ3) is 1.53. The summed E-state index contributed by atoms with van der Waals surface area (Å²) in [5, 5.41) is 10.8. The van der Waals surface area contributed by atoms with Crippen LogP contribution in [0.2, 0.25) is 0 Å². The molecule has 1 saturated heterocycles. The summed E-state index contributed by atoms with van der Waals surface area (Å²) in [4.78, 5) is 2.99. The Labute approximate surface area is 81.4 Å². The van der Waals surface area contributed by atoms with Crippen molar-refractivity contribution in [3.8, 4) is 6.07 Å². The Morgan fingerprint density at radius 2 is 2.54 bits per heavy atom. The van der Waals surface area contributed by atoms with Crippen LogP contribution in [0, 0.1) is 11.3 Å². The second-order valence-corrected chi connectivity index (χ2v) is 4.16. The van der Waals surface area contributed by atoms with Crippen LogP contribution in [0.4, 0.5) is 5.69 Å². The summed E-state index contributed by atoms with van der Waals surface area (Å²) in [6.07, 6.45) is 1.03. The van der Waals surface area contributed by atoms with Crippen LogP contribution < -0.4 is 10.6 Å². The first kappa shape index (κ1) is 8.54. The first-order valence-corrected chi connectivity index (χ1v) is 5.17. The third-order valence-corrected chi connectivity index (χ3v) is 3.12. The molecule has 3 nitrogen and oxygen atoms in total. The summed E-state index contributed by atoms with van der Waals surface area (Å²) in [5.41, 5.74) is 6.86. The molecule has 1 aliphatic rings. The first-order valence-electron chi connectivity index (χ1n) is 4.29. The normalized spacial score (nSPS) is 21.8. The molecule has 1 unspecified atom stereocenters. The zero-order chi connectivity index (χ0) is 9.26. The van der Waals surface area contributed by atoms with E-state index in [9.17, 15) is 0 Å². The summed E-state index contributed by atoms with van der Waals surface area (Å²) in [7, 11) is 0. The molecule has 0 spiro atoms. The maximum atomic E-state index is 8.84. The van der Waals surface area contributed by atoms with E-state index in [0.29, 0.717) is 0 Å². The van der Waals surface area contributed by atoms with Crippen LogP contribution in [-0.4, -0.2) is 19.1 Å². The van der Waals surface area contributed by atoms with Gasteiger partial charge in [-0.15, -0.1) is 11.3 Å². The zero-order valence-electron chi connectivity index (χ0n) is 7.23. The molecule has 4 heteroatoms. The van der Waals surface area contributed by atoms with Crippen LogP contribution in [0.3, 0.4) is 0 Å². The van der Waals surface area contributed by atoms with Gasteiger partial charge in [-0.05, 0) is 17.9 Å². The Bertz CT molecular complexity index is 339. The van der Waals surface area contributed by atoms with E-state index in [1.807, 2.05) is 11.4 Å². The van der Waals surface area contributed by atoms with Crippen LogP contribution in [0.1, 0.15) is 11.3 Å². The molecule has 0 radical (unpaired) electrons. The molecule has 2 heterocycles. The van der Waals surface area contributed by atoms with Gasteiger partial charge in [-0.2, -0.15) is 5.26 Å². The molecule has 1 fully saturated rings. The third-order valence-electron chi connectivity index (χ3n) is 2.31. The average Bonchev–Trinajstić information content (AvgIpc) is 2.71. The number of nitrogens with two attached hydrogens (primary N) is 1. The SMILES string of the molecule is N#Cc1sccc1N1CCC(N)C1. The Kier molecular flexibility index (Phi) is 2.21. The molecule has 1 aromatic rings. The molecular formula is C9H11N3S. The molecule has 1 aromatic heterocycles. The van der Waals surface area contributed by atoms with E-state index >= 15 is 0 Å². The second kappa shape index (κ2) is 3.36. The van der Waals surface area contributed by atoms with Gasteiger partial charge in [0.2, 0.25) is 0 Å². The van der Waals surface area contributed by atoms with Crippen molar-refractivity contribution >= 4 is 17.0 Å². The van der Waals surface area contributed by atoms with Crippen molar-refractivity contribution in [2.45, 2.75) is 12.5 Å². The molecule has 0 aromatic carbocycles. The quantitative estimate of drug-likeness (QED) is 0.728. The number of thiophene rings is 1. The fraction of sp³-hybridized carbons (Fsp3) is 0.444. The van der Waals surface area contributed by atoms with Crippen molar-refractivity contribution < 1.29 is 0 Å². The molecular weight excluding hydrogens is 182 g/mol. The van der Waals surface area contributed by atoms with E-state index < -0.39 is 0 Å². The number of rotatable bonds is 1. The molecule has 68 valence electrons. The minimum atomic E-state index is 0.270. The minimum absolute atomic E-state index is 0.270. The topological polar surface area (TPSA) is 53.0 Å². The Morgan fingerprint density at radius 1 is 1.69 bits per heavy atom. The van der Waals surface area contributed by atoms with Crippen LogP contribution >= 0.6 is 11.3 Å². The predicted molar refractivity (Wildman–Crippen MR) is 53.8 cm³/mol. The molecule has 2 N–H and O–H groups in total. The van der Waals surface area contributed by atoms with Crippen molar-refractivity contribution in [3.63, 3.8) is 0 Å². The van der Waals surface area contributed by atoms with Gasteiger partial charge in [0.25, 0.3) is 0 Å². The van der Waals surface area contributed by atoms with Gasteiger partial charge in [-0.3, -0.25) is 0 Å². The van der Waals surface area contributed by atoms with E-state index in [2.05, 4.69) is 11.0 Å². The van der Waals surface area contributed by atoms with Gasteiger partial charge in [0.1, 0.15) is 10.9 Å². The molecule has 0 amide bonds. The molecule has 13 heavy (non-hydrogen) atoms. The zero-order valence-corrected chi connectivity index (χ0v) is 8.05. The maximum absolute atomic E-state index is 8.84. The van der Waals surface area contributed by atoms with Crippen molar-refractivity contribution in [1.29, 1.82) is 5.26 Å². The number of nitrogens with zero attached hydrogens (tertiary/aromatic N) is 2. The number of nitriles is 1. The highest BCUT2D eigenvalue weighted by atomic mass is 32.1. The van der Waals surface area contributed by atoms with Gasteiger partial charge in [0.15, 0.2) is 0 Å². The van der Waals surface area contributed by atoms with Gasteiger partial charge in [-0.25, -0.2) is 0 Å². The van der Waals surface area contributed by atoms with Gasteiger partial charge in [0, 0.05) is 19.1 Å². The summed E-state index contributed by atoms with van der Waals surface area (Å²) in [6, 6.07) is 4.47. The number of anilines is 1. The van der Waals surface area contributed by atoms with Crippen LogP contribution in [0.15, 0.2) is 11.4 Å². The number of hydrogen-bond acceptors (Lipinski definition) is 4. The Hall–Kier alpha value is -1.05. The van der Waals surface area contributed by atoms with Crippen molar-refractivity contribution in [1.82, 2.24) is 0 Å². The van der Waals surface area contributed by atoms with E-state index in [0.717, 1.165) is 30.1 Å². The van der Waals surface area contributed by atoms with Gasteiger partial charge in [-0.1, -0.05) is 0 Å². The first-order chi connectivity index (χ1) is 6.31. The lowest BCUT2D eigenvalue weighted by Gasteiger charge is -2.16. The Morgan fingerprint density at radius 3 is 3.15 bits per heavy atom. The fourth-order valence-corrected chi connectivity index (χ4v) is 2.34. The van der Waals surface area contributed by atoms with Gasteiger partial charge < -0.3 is 10.6 Å². The smallest absolute Gasteiger partial charge is 0.128 e. The summed E-state index contributed by atoms with van der Waals surface area (Å²) in [5.74, 6) is 0. The van der Waals surface area contributed by atoms with Gasteiger partial charge >= 0.3 is 0 Å². The highest BCUT2D eigenvalue weighted by molar-refractivity contribution is 7.11. The van der Waals surface area contributed by atoms with Crippen LogP contribution in [-0.2, 0) is 0 Å². The monoisotopic (exact) mass is 193 g/mol. The van der Waals surface area contributed by atoms with Crippen LogP contribution in [0.5, 0.6) is 0 Å². The van der Waals surface area contributed by atoms with E-state index in [4.69, 9.17) is 11.0 Å². The van der Waals surface area contributed by atoms with E-state index in [-0.39, 0.29) is 6.04 Å². The molecule has 1 atom stereocenters. The summed E-state index contributed by atoms with van der Waals surface area (Å²) in [6.45, 7) is 1.86. The van der Waals surface area contributed by atoms with Crippen molar-refractivity contribution in [3.05, 3.63) is 16.3 Å². The largest absolute Gasteiger partial charge is 0.368 e. The Balaban J connectivity index is 2.22. The molecule has 1 aliphatic heterocycles. The van der Waals surface area contributed by atoms with Gasteiger partial charge in [0.05, 0.1) is 5.69 Å². The second-order valence-electron chi connectivity index (χ2n) is 3.24. The molecule has 0 aliphatic carbocycles. The summed E-state index contributed by atoms with van der Waals surface area (Å²) >= 11 is 1.49. The standard InChI is InChI=1S/C9H11N3S/c10-5-9-8(2-4-13-9)12-3-1-7(11)6-12/h2,4,7H,1,3,6,11H2. The molecule has 0 bridgehead atoms. The average molecular weight is 193 g/mol. The van der Waals surface area contributed by atoms with Crippen molar-refractivity contribution in [2.75, 3.05) is 18.0 Å².